The summed E-state index contributed by atoms with van der Waals surface area (Å²) in [6.45, 7) is 3.27. The normalized spacial score (nSPS) is 11.5. The highest BCUT2D eigenvalue weighted by molar-refractivity contribution is 7.92. The Labute approximate surface area is 155 Å². The molecule has 6 heteroatoms. The second-order valence-electron chi connectivity index (χ2n) is 5.98. The SMILES string of the molecule is CCN(CCc1ccccc1)C(=O)/C=C/c1ccc(NS(C)(=O)=O)cc1. The summed E-state index contributed by atoms with van der Waals surface area (Å²) in [5, 5.41) is 0. The molecular formula is C20H24N2O3S. The molecule has 0 atom stereocenters. The maximum atomic E-state index is 12.4. The first-order chi connectivity index (χ1) is 12.4. The summed E-state index contributed by atoms with van der Waals surface area (Å²) in [6.07, 6.45) is 5.21. The minimum atomic E-state index is -3.29. The van der Waals surface area contributed by atoms with E-state index >= 15 is 0 Å². The van der Waals surface area contributed by atoms with Gasteiger partial charge >= 0.3 is 0 Å². The van der Waals surface area contributed by atoms with E-state index in [1.165, 1.54) is 5.56 Å². The zero-order valence-corrected chi connectivity index (χ0v) is 15.9. The summed E-state index contributed by atoms with van der Waals surface area (Å²) >= 11 is 0. The van der Waals surface area contributed by atoms with Gasteiger partial charge in [-0.2, -0.15) is 0 Å². The molecule has 2 rings (SSSR count). The molecule has 138 valence electrons. The number of nitrogens with one attached hydrogen (secondary N) is 1. The van der Waals surface area contributed by atoms with Gasteiger partial charge in [-0.25, -0.2) is 8.42 Å². The van der Waals surface area contributed by atoms with Crippen molar-refractivity contribution in [1.82, 2.24) is 4.90 Å². The van der Waals surface area contributed by atoms with Gasteiger partial charge < -0.3 is 4.90 Å². The zero-order chi connectivity index (χ0) is 19.0. The number of hydrogen-bond donors (Lipinski definition) is 1. The van der Waals surface area contributed by atoms with Crippen LogP contribution in [0, 0.1) is 0 Å². The fourth-order valence-electron chi connectivity index (χ4n) is 2.48. The lowest BCUT2D eigenvalue weighted by atomic mass is 10.1. The highest BCUT2D eigenvalue weighted by Gasteiger charge is 2.08. The molecule has 0 heterocycles. The minimum Gasteiger partial charge on any atom is -0.339 e. The van der Waals surface area contributed by atoms with Crippen LogP contribution in [0.25, 0.3) is 6.08 Å². The molecule has 2 aromatic carbocycles. The fraction of sp³-hybridized carbons (Fsp3) is 0.250. The number of carbonyl (C=O) groups is 1. The quantitative estimate of drug-likeness (QED) is 0.724. The zero-order valence-electron chi connectivity index (χ0n) is 15.1. The van der Waals surface area contributed by atoms with E-state index in [9.17, 15) is 13.2 Å². The lowest BCUT2D eigenvalue weighted by molar-refractivity contribution is -0.125. The van der Waals surface area contributed by atoms with Crippen LogP contribution in [0.3, 0.4) is 0 Å². The van der Waals surface area contributed by atoms with E-state index < -0.39 is 10.0 Å². The van der Waals surface area contributed by atoms with Crippen molar-refractivity contribution in [2.24, 2.45) is 0 Å². The molecule has 1 amide bonds. The van der Waals surface area contributed by atoms with Gasteiger partial charge in [-0.05, 0) is 42.7 Å². The average molecular weight is 372 g/mol. The van der Waals surface area contributed by atoms with E-state index in [1.807, 2.05) is 25.1 Å². The Bertz CT molecular complexity index is 844. The molecule has 1 N–H and O–H groups in total. The van der Waals surface area contributed by atoms with Gasteiger partial charge in [0, 0.05) is 24.9 Å². The third kappa shape index (κ3) is 6.72. The van der Waals surface area contributed by atoms with Crippen LogP contribution >= 0.6 is 0 Å². The number of rotatable bonds is 8. The summed E-state index contributed by atoms with van der Waals surface area (Å²) in [6, 6.07) is 16.9. The van der Waals surface area contributed by atoms with Crippen LogP contribution in [0.1, 0.15) is 18.1 Å². The Kier molecular flexibility index (Phi) is 6.97. The number of carbonyl (C=O) groups excluding carboxylic acids is 1. The standard InChI is InChI=1S/C20H24N2O3S/c1-3-22(16-15-17-7-5-4-6-8-17)20(23)14-11-18-9-12-19(13-10-18)21-26(2,24)25/h4-14,21H,3,15-16H2,1-2H3/b14-11+. The van der Waals surface area contributed by atoms with Crippen LogP contribution in [0.2, 0.25) is 0 Å². The van der Waals surface area contributed by atoms with Gasteiger partial charge in [0.25, 0.3) is 0 Å². The molecule has 0 aliphatic heterocycles. The molecule has 26 heavy (non-hydrogen) atoms. The second kappa shape index (κ2) is 9.20. The van der Waals surface area contributed by atoms with E-state index in [0.717, 1.165) is 18.2 Å². The van der Waals surface area contributed by atoms with E-state index in [2.05, 4.69) is 16.9 Å². The van der Waals surface area contributed by atoms with Gasteiger partial charge in [0.1, 0.15) is 0 Å². The molecular weight excluding hydrogens is 348 g/mol. The molecule has 2 aromatic rings. The molecule has 0 aromatic heterocycles. The smallest absolute Gasteiger partial charge is 0.246 e. The van der Waals surface area contributed by atoms with Gasteiger partial charge in [0.15, 0.2) is 0 Å². The van der Waals surface area contributed by atoms with Crippen molar-refractivity contribution in [2.75, 3.05) is 24.1 Å². The number of amides is 1. The average Bonchev–Trinajstić information content (AvgIpc) is 2.61. The molecule has 0 spiro atoms. The van der Waals surface area contributed by atoms with Gasteiger partial charge in [-0.15, -0.1) is 0 Å². The summed E-state index contributed by atoms with van der Waals surface area (Å²) in [4.78, 5) is 14.2. The Morgan fingerprint density at radius 3 is 2.31 bits per heavy atom. The number of benzene rings is 2. The summed E-state index contributed by atoms with van der Waals surface area (Å²) < 4.78 is 24.8. The first-order valence-corrected chi connectivity index (χ1v) is 10.4. The predicted octanol–water partition coefficient (Wildman–Crippen LogP) is 3.16. The predicted molar refractivity (Wildman–Crippen MR) is 106 cm³/mol. The van der Waals surface area contributed by atoms with Crippen molar-refractivity contribution in [3.8, 4) is 0 Å². The van der Waals surface area contributed by atoms with Crippen molar-refractivity contribution >= 4 is 27.7 Å². The summed E-state index contributed by atoms with van der Waals surface area (Å²) in [7, 11) is -3.29. The number of likely N-dealkylation sites (N-methyl/N-ethyl adjacent to an activating group) is 1. The third-order valence-electron chi connectivity index (χ3n) is 3.84. The lowest BCUT2D eigenvalue weighted by Gasteiger charge is -2.19. The summed E-state index contributed by atoms with van der Waals surface area (Å²) in [5.41, 5.74) is 2.53. The number of sulfonamides is 1. The highest BCUT2D eigenvalue weighted by Crippen LogP contribution is 2.12. The molecule has 0 bridgehead atoms. The van der Waals surface area contributed by atoms with Gasteiger partial charge in [-0.3, -0.25) is 9.52 Å². The molecule has 0 unspecified atom stereocenters. The van der Waals surface area contributed by atoms with Gasteiger partial charge in [0.2, 0.25) is 15.9 Å². The van der Waals surface area contributed by atoms with Crippen molar-refractivity contribution < 1.29 is 13.2 Å². The lowest BCUT2D eigenvalue weighted by Crippen LogP contribution is -2.31. The maximum Gasteiger partial charge on any atom is 0.246 e. The van der Waals surface area contributed by atoms with Crippen LogP contribution in [0.5, 0.6) is 0 Å². The molecule has 5 nitrogen and oxygen atoms in total. The minimum absolute atomic E-state index is 0.0400. The first kappa shape index (κ1) is 19.7. The monoisotopic (exact) mass is 372 g/mol. The first-order valence-electron chi connectivity index (χ1n) is 8.46. The van der Waals surface area contributed by atoms with Crippen LogP contribution < -0.4 is 4.72 Å². The van der Waals surface area contributed by atoms with E-state index in [4.69, 9.17) is 0 Å². The van der Waals surface area contributed by atoms with Crippen molar-refractivity contribution in [3.63, 3.8) is 0 Å². The highest BCUT2D eigenvalue weighted by atomic mass is 32.2. The van der Waals surface area contributed by atoms with Gasteiger partial charge in [0.05, 0.1) is 6.26 Å². The molecule has 0 saturated heterocycles. The molecule has 0 aliphatic carbocycles. The van der Waals surface area contributed by atoms with Crippen molar-refractivity contribution in [1.29, 1.82) is 0 Å². The Morgan fingerprint density at radius 1 is 1.08 bits per heavy atom. The van der Waals surface area contributed by atoms with Crippen LogP contribution in [-0.2, 0) is 21.2 Å². The number of hydrogen-bond acceptors (Lipinski definition) is 3. The van der Waals surface area contributed by atoms with E-state index in [-0.39, 0.29) is 5.91 Å². The van der Waals surface area contributed by atoms with Crippen LogP contribution in [0.4, 0.5) is 5.69 Å². The third-order valence-corrected chi connectivity index (χ3v) is 4.45. The topological polar surface area (TPSA) is 66.5 Å². The molecule has 0 fully saturated rings. The van der Waals surface area contributed by atoms with Crippen LogP contribution in [0.15, 0.2) is 60.7 Å². The maximum absolute atomic E-state index is 12.4. The molecule has 0 aliphatic rings. The second-order valence-corrected chi connectivity index (χ2v) is 7.73. The fourth-order valence-corrected chi connectivity index (χ4v) is 3.05. The Hall–Kier alpha value is -2.60. The Morgan fingerprint density at radius 2 is 1.73 bits per heavy atom. The van der Waals surface area contributed by atoms with Crippen molar-refractivity contribution in [3.05, 3.63) is 71.8 Å². The van der Waals surface area contributed by atoms with Crippen molar-refractivity contribution in [2.45, 2.75) is 13.3 Å². The summed E-state index contributed by atoms with van der Waals surface area (Å²) in [5.74, 6) is -0.0400. The molecule has 0 saturated carbocycles. The Balaban J connectivity index is 1.93. The van der Waals surface area contributed by atoms with E-state index in [1.54, 1.807) is 41.3 Å². The van der Waals surface area contributed by atoms with Crippen LogP contribution in [-0.4, -0.2) is 38.6 Å². The largest absolute Gasteiger partial charge is 0.339 e. The molecule has 0 radical (unpaired) electrons. The number of nitrogens with zero attached hydrogens (tertiary/aromatic N) is 1. The van der Waals surface area contributed by atoms with E-state index in [0.29, 0.717) is 18.8 Å². The van der Waals surface area contributed by atoms with Gasteiger partial charge in [-0.1, -0.05) is 42.5 Å². The number of anilines is 1.